The molecule has 0 radical (unpaired) electrons. The third-order valence-electron chi connectivity index (χ3n) is 3.33. The fraction of sp³-hybridized carbons (Fsp3) is 0.222. The molecule has 7 heteroatoms. The largest absolute Gasteiger partial charge is 0.418 e. The molecule has 2 rings (SSSR count). The van der Waals surface area contributed by atoms with Gasteiger partial charge in [-0.2, -0.15) is 13.2 Å². The maximum absolute atomic E-state index is 12.9. The number of carbonyl (C=O) groups is 2. The molecule has 4 nitrogen and oxygen atoms in total. The lowest BCUT2D eigenvalue weighted by atomic mass is 10.1. The number of halogens is 3. The minimum absolute atomic E-state index is 0.376. The summed E-state index contributed by atoms with van der Waals surface area (Å²) in [7, 11) is 0. The van der Waals surface area contributed by atoms with Gasteiger partial charge < -0.3 is 10.6 Å². The highest BCUT2D eigenvalue weighted by Crippen LogP contribution is 2.34. The second kappa shape index (κ2) is 7.38. The molecule has 0 aromatic heterocycles. The summed E-state index contributed by atoms with van der Waals surface area (Å²) in [6.07, 6.45) is -5.18. The summed E-state index contributed by atoms with van der Waals surface area (Å²) in [6.45, 7) is 3.73. The number of rotatable bonds is 4. The van der Waals surface area contributed by atoms with E-state index in [0.717, 1.165) is 23.3 Å². The van der Waals surface area contributed by atoms with Crippen molar-refractivity contribution >= 4 is 23.2 Å². The first-order chi connectivity index (χ1) is 11.6. The fourth-order valence-corrected chi connectivity index (χ4v) is 2.43. The van der Waals surface area contributed by atoms with Gasteiger partial charge in [-0.15, -0.1) is 0 Å². The summed E-state index contributed by atoms with van der Waals surface area (Å²) in [5.74, 6) is -1.43. The molecule has 2 amide bonds. The molecular weight excluding hydrogens is 333 g/mol. The van der Waals surface area contributed by atoms with E-state index in [0.29, 0.717) is 5.69 Å². The number of hydrogen-bond donors (Lipinski definition) is 2. The molecule has 0 aliphatic heterocycles. The van der Waals surface area contributed by atoms with E-state index in [4.69, 9.17) is 0 Å². The first kappa shape index (κ1) is 18.5. The van der Waals surface area contributed by atoms with Gasteiger partial charge in [0, 0.05) is 5.69 Å². The predicted octanol–water partition coefficient (Wildman–Crippen LogP) is 4.29. The fourth-order valence-electron chi connectivity index (χ4n) is 2.43. The van der Waals surface area contributed by atoms with Gasteiger partial charge in [0.2, 0.25) is 11.8 Å². The van der Waals surface area contributed by atoms with Crippen LogP contribution < -0.4 is 10.6 Å². The first-order valence-electron chi connectivity index (χ1n) is 7.49. The summed E-state index contributed by atoms with van der Waals surface area (Å²) < 4.78 is 38.7. The topological polar surface area (TPSA) is 58.2 Å². The van der Waals surface area contributed by atoms with E-state index in [1.54, 1.807) is 12.1 Å². The molecule has 0 aliphatic carbocycles. The van der Waals surface area contributed by atoms with Crippen molar-refractivity contribution in [3.8, 4) is 0 Å². The lowest BCUT2D eigenvalue weighted by molar-refractivity contribution is -0.137. The quantitative estimate of drug-likeness (QED) is 0.808. The monoisotopic (exact) mass is 350 g/mol. The molecule has 132 valence electrons. The van der Waals surface area contributed by atoms with Crippen LogP contribution in [0.25, 0.3) is 0 Å². The van der Waals surface area contributed by atoms with Crippen molar-refractivity contribution in [2.24, 2.45) is 0 Å². The molecule has 0 saturated carbocycles. The standard InChI is InChI=1S/C18H17F3N2O2/c1-11-7-12(2)9-13(8-11)22-16(24)10-17(25)23-15-6-4-3-5-14(15)18(19,20)21/h3-9H,10H2,1-2H3,(H,22,24)(H,23,25). The van der Waals surface area contributed by atoms with E-state index in [-0.39, 0.29) is 5.69 Å². The van der Waals surface area contributed by atoms with Crippen LogP contribution in [0.2, 0.25) is 0 Å². The number of anilines is 2. The third-order valence-corrected chi connectivity index (χ3v) is 3.33. The molecule has 0 saturated heterocycles. The molecule has 2 aromatic carbocycles. The number of hydrogen-bond acceptors (Lipinski definition) is 2. The van der Waals surface area contributed by atoms with Crippen molar-refractivity contribution in [3.05, 3.63) is 59.2 Å². The molecule has 25 heavy (non-hydrogen) atoms. The van der Waals surface area contributed by atoms with Crippen LogP contribution in [0.3, 0.4) is 0 Å². The summed E-state index contributed by atoms with van der Waals surface area (Å²) >= 11 is 0. The molecule has 0 heterocycles. The van der Waals surface area contributed by atoms with Crippen LogP contribution in [-0.2, 0) is 15.8 Å². The maximum Gasteiger partial charge on any atom is 0.418 e. The van der Waals surface area contributed by atoms with Gasteiger partial charge in [-0.25, -0.2) is 0 Å². The Kier molecular flexibility index (Phi) is 5.46. The third kappa shape index (κ3) is 5.34. The highest BCUT2D eigenvalue weighted by atomic mass is 19.4. The SMILES string of the molecule is Cc1cc(C)cc(NC(=O)CC(=O)Nc2ccccc2C(F)(F)F)c1. The Bertz CT molecular complexity index is 781. The highest BCUT2D eigenvalue weighted by Gasteiger charge is 2.33. The second-order valence-electron chi connectivity index (χ2n) is 5.69. The highest BCUT2D eigenvalue weighted by molar-refractivity contribution is 6.08. The minimum Gasteiger partial charge on any atom is -0.326 e. The van der Waals surface area contributed by atoms with Crippen LogP contribution in [0.15, 0.2) is 42.5 Å². The number of aryl methyl sites for hydroxylation is 2. The molecule has 0 spiro atoms. The van der Waals surface area contributed by atoms with E-state index in [1.807, 2.05) is 19.9 Å². The maximum atomic E-state index is 12.9. The molecule has 2 aromatic rings. The van der Waals surface area contributed by atoms with E-state index >= 15 is 0 Å². The minimum atomic E-state index is -4.59. The number of nitrogens with one attached hydrogen (secondary N) is 2. The zero-order chi connectivity index (χ0) is 18.6. The predicted molar refractivity (Wildman–Crippen MR) is 89.2 cm³/mol. The first-order valence-corrected chi connectivity index (χ1v) is 7.49. The van der Waals surface area contributed by atoms with E-state index in [1.165, 1.54) is 12.1 Å². The van der Waals surface area contributed by atoms with Gasteiger partial charge in [0.15, 0.2) is 0 Å². The molecular formula is C18H17F3N2O2. The summed E-state index contributed by atoms with van der Waals surface area (Å²) in [6, 6.07) is 10.0. The van der Waals surface area contributed by atoms with Crippen LogP contribution in [0.1, 0.15) is 23.1 Å². The second-order valence-corrected chi connectivity index (χ2v) is 5.69. The van der Waals surface area contributed by atoms with Gasteiger partial charge in [0.05, 0.1) is 11.3 Å². The van der Waals surface area contributed by atoms with Crippen molar-refractivity contribution in [2.75, 3.05) is 10.6 Å². The zero-order valence-corrected chi connectivity index (χ0v) is 13.7. The summed E-state index contributed by atoms with van der Waals surface area (Å²) in [5.41, 5.74) is 1.08. The normalized spacial score (nSPS) is 11.1. The van der Waals surface area contributed by atoms with Gasteiger partial charge in [-0.1, -0.05) is 18.2 Å². The van der Waals surface area contributed by atoms with Gasteiger partial charge in [0.1, 0.15) is 6.42 Å². The van der Waals surface area contributed by atoms with Crippen molar-refractivity contribution in [1.82, 2.24) is 0 Å². The van der Waals surface area contributed by atoms with Crippen molar-refractivity contribution in [2.45, 2.75) is 26.4 Å². The average molecular weight is 350 g/mol. The van der Waals surface area contributed by atoms with E-state index < -0.39 is 30.0 Å². The molecule has 0 unspecified atom stereocenters. The Balaban J connectivity index is 2.02. The van der Waals surface area contributed by atoms with E-state index in [2.05, 4.69) is 10.6 Å². The number of amides is 2. The molecule has 0 aliphatic rings. The molecule has 2 N–H and O–H groups in total. The lowest BCUT2D eigenvalue weighted by Crippen LogP contribution is -2.23. The van der Waals surface area contributed by atoms with Gasteiger partial charge in [0.25, 0.3) is 0 Å². The zero-order valence-electron chi connectivity index (χ0n) is 13.7. The van der Waals surface area contributed by atoms with Crippen molar-refractivity contribution < 1.29 is 22.8 Å². The molecule has 0 atom stereocenters. The van der Waals surface area contributed by atoms with Crippen molar-refractivity contribution in [1.29, 1.82) is 0 Å². The Morgan fingerprint density at radius 3 is 2.08 bits per heavy atom. The van der Waals surface area contributed by atoms with Crippen LogP contribution in [0.4, 0.5) is 24.5 Å². The Hall–Kier alpha value is -2.83. The molecule has 0 fully saturated rings. The van der Waals surface area contributed by atoms with Crippen molar-refractivity contribution in [3.63, 3.8) is 0 Å². The Labute approximate surface area is 143 Å². The summed E-state index contributed by atoms with van der Waals surface area (Å²) in [5, 5.41) is 4.70. The smallest absolute Gasteiger partial charge is 0.326 e. The van der Waals surface area contributed by atoms with Crippen LogP contribution in [0.5, 0.6) is 0 Å². The molecule has 0 bridgehead atoms. The Morgan fingerprint density at radius 2 is 1.48 bits per heavy atom. The number of alkyl halides is 3. The van der Waals surface area contributed by atoms with Crippen LogP contribution in [-0.4, -0.2) is 11.8 Å². The van der Waals surface area contributed by atoms with Gasteiger partial charge in [-0.3, -0.25) is 9.59 Å². The van der Waals surface area contributed by atoms with Crippen LogP contribution in [0, 0.1) is 13.8 Å². The van der Waals surface area contributed by atoms with E-state index in [9.17, 15) is 22.8 Å². The average Bonchev–Trinajstić information content (AvgIpc) is 2.44. The number of para-hydroxylation sites is 1. The lowest BCUT2D eigenvalue weighted by Gasteiger charge is -2.13. The van der Waals surface area contributed by atoms with Gasteiger partial charge in [-0.05, 0) is 49.2 Å². The number of benzene rings is 2. The summed E-state index contributed by atoms with van der Waals surface area (Å²) in [4.78, 5) is 23.8. The van der Waals surface area contributed by atoms with Gasteiger partial charge >= 0.3 is 6.18 Å². The number of carbonyl (C=O) groups excluding carboxylic acids is 2. The Morgan fingerprint density at radius 1 is 0.920 bits per heavy atom. The van der Waals surface area contributed by atoms with Crippen LogP contribution >= 0.6 is 0 Å².